The second-order valence-electron chi connectivity index (χ2n) is 10.7. The SMILES string of the molecule is CCOC(=O)C1(c2ccccc2)CCN(CCCNC(=O)c2cc([N+](=O)[O-])ccc2-c2ccncc2)CC1(C)C. The molecule has 210 valence electrons. The molecule has 40 heavy (non-hydrogen) atoms. The van der Waals surface area contributed by atoms with Crippen molar-refractivity contribution < 1.29 is 19.2 Å². The van der Waals surface area contributed by atoms with Gasteiger partial charge < -0.3 is 15.0 Å². The summed E-state index contributed by atoms with van der Waals surface area (Å²) in [6.07, 6.45) is 4.57. The summed E-state index contributed by atoms with van der Waals surface area (Å²) < 4.78 is 5.59. The number of nitro benzene ring substituents is 1. The van der Waals surface area contributed by atoms with Crippen molar-refractivity contribution in [2.75, 3.05) is 32.8 Å². The molecule has 1 amide bonds. The van der Waals surface area contributed by atoms with E-state index < -0.39 is 10.3 Å². The van der Waals surface area contributed by atoms with Crippen LogP contribution in [-0.4, -0.2) is 59.5 Å². The number of hydrogen-bond acceptors (Lipinski definition) is 7. The highest BCUT2D eigenvalue weighted by Crippen LogP contribution is 2.49. The summed E-state index contributed by atoms with van der Waals surface area (Å²) >= 11 is 0. The number of ether oxygens (including phenoxy) is 1. The molecule has 1 aromatic heterocycles. The number of pyridine rings is 1. The monoisotopic (exact) mass is 544 g/mol. The average molecular weight is 545 g/mol. The first-order valence-electron chi connectivity index (χ1n) is 13.6. The van der Waals surface area contributed by atoms with Gasteiger partial charge in [0.1, 0.15) is 5.41 Å². The summed E-state index contributed by atoms with van der Waals surface area (Å²) in [6.45, 7) is 8.98. The van der Waals surface area contributed by atoms with Gasteiger partial charge in [0.05, 0.1) is 17.1 Å². The minimum atomic E-state index is -0.736. The first kappa shape index (κ1) is 28.9. The van der Waals surface area contributed by atoms with Gasteiger partial charge in [0.15, 0.2) is 0 Å². The number of carbonyl (C=O) groups is 2. The minimum Gasteiger partial charge on any atom is -0.465 e. The molecule has 1 aliphatic heterocycles. The number of amides is 1. The molecule has 0 spiro atoms. The van der Waals surface area contributed by atoms with E-state index in [-0.39, 0.29) is 28.5 Å². The highest BCUT2D eigenvalue weighted by Gasteiger charge is 2.55. The van der Waals surface area contributed by atoms with Crippen LogP contribution in [0, 0.1) is 15.5 Å². The number of nitro groups is 1. The number of hydrogen-bond donors (Lipinski definition) is 1. The molecule has 1 saturated heterocycles. The fourth-order valence-corrected chi connectivity index (χ4v) is 5.85. The Morgan fingerprint density at radius 3 is 2.48 bits per heavy atom. The number of rotatable bonds is 10. The maximum atomic E-state index is 13.4. The fourth-order valence-electron chi connectivity index (χ4n) is 5.85. The largest absolute Gasteiger partial charge is 0.465 e. The van der Waals surface area contributed by atoms with Crippen LogP contribution in [0.4, 0.5) is 5.69 Å². The molecule has 0 aliphatic carbocycles. The zero-order chi connectivity index (χ0) is 28.8. The van der Waals surface area contributed by atoms with Crippen LogP contribution in [0.25, 0.3) is 11.1 Å². The van der Waals surface area contributed by atoms with Crippen molar-refractivity contribution in [1.29, 1.82) is 0 Å². The maximum Gasteiger partial charge on any atom is 0.317 e. The Labute approximate surface area is 234 Å². The van der Waals surface area contributed by atoms with Gasteiger partial charge in [0.2, 0.25) is 0 Å². The van der Waals surface area contributed by atoms with Crippen LogP contribution in [-0.2, 0) is 14.9 Å². The lowest BCUT2D eigenvalue weighted by atomic mass is 9.58. The smallest absolute Gasteiger partial charge is 0.317 e. The number of aromatic nitrogens is 1. The van der Waals surface area contributed by atoms with Gasteiger partial charge in [-0.15, -0.1) is 0 Å². The van der Waals surface area contributed by atoms with E-state index in [9.17, 15) is 19.7 Å². The van der Waals surface area contributed by atoms with Gasteiger partial charge in [0.25, 0.3) is 11.6 Å². The van der Waals surface area contributed by atoms with Crippen LogP contribution in [0.2, 0.25) is 0 Å². The molecule has 0 radical (unpaired) electrons. The van der Waals surface area contributed by atoms with Crippen molar-refractivity contribution in [3.05, 3.63) is 94.3 Å². The molecule has 0 bridgehead atoms. The highest BCUT2D eigenvalue weighted by molar-refractivity contribution is 6.01. The molecule has 9 nitrogen and oxygen atoms in total. The Kier molecular flexibility index (Phi) is 8.94. The second-order valence-corrected chi connectivity index (χ2v) is 10.7. The first-order chi connectivity index (χ1) is 19.2. The van der Waals surface area contributed by atoms with Crippen molar-refractivity contribution >= 4 is 17.6 Å². The third-order valence-electron chi connectivity index (χ3n) is 7.85. The fraction of sp³-hybridized carbons (Fsp3) is 0.387. The third kappa shape index (κ3) is 5.89. The lowest BCUT2D eigenvalue weighted by Crippen LogP contribution is -2.59. The summed E-state index contributed by atoms with van der Waals surface area (Å²) in [5.74, 6) is -0.542. The molecule has 1 N–H and O–H groups in total. The molecule has 0 saturated carbocycles. The molecular weight excluding hydrogens is 508 g/mol. The highest BCUT2D eigenvalue weighted by atomic mass is 16.6. The summed E-state index contributed by atoms with van der Waals surface area (Å²) in [6, 6.07) is 17.7. The molecule has 1 unspecified atom stereocenters. The molecule has 4 rings (SSSR count). The molecule has 1 aliphatic rings. The van der Waals surface area contributed by atoms with Gasteiger partial charge in [-0.2, -0.15) is 0 Å². The Morgan fingerprint density at radius 1 is 1.10 bits per heavy atom. The van der Waals surface area contributed by atoms with E-state index in [4.69, 9.17) is 4.74 Å². The average Bonchev–Trinajstić information content (AvgIpc) is 2.95. The number of likely N-dealkylation sites (tertiary alicyclic amines) is 1. The number of carbonyl (C=O) groups excluding carboxylic acids is 2. The third-order valence-corrected chi connectivity index (χ3v) is 7.85. The molecule has 9 heteroatoms. The zero-order valence-corrected chi connectivity index (χ0v) is 23.3. The van der Waals surface area contributed by atoms with Crippen molar-refractivity contribution in [2.45, 2.75) is 39.0 Å². The van der Waals surface area contributed by atoms with Crippen molar-refractivity contribution in [3.8, 4) is 11.1 Å². The van der Waals surface area contributed by atoms with Crippen LogP contribution in [0.1, 0.15) is 49.5 Å². The molecule has 2 heterocycles. The van der Waals surface area contributed by atoms with Crippen LogP contribution in [0.15, 0.2) is 73.1 Å². The van der Waals surface area contributed by atoms with Gasteiger partial charge in [-0.3, -0.25) is 24.7 Å². The maximum absolute atomic E-state index is 13.4. The Bertz CT molecular complexity index is 1350. The van der Waals surface area contributed by atoms with E-state index >= 15 is 0 Å². The quantitative estimate of drug-likeness (QED) is 0.165. The van der Waals surface area contributed by atoms with E-state index in [1.54, 1.807) is 30.6 Å². The van der Waals surface area contributed by atoms with E-state index in [0.29, 0.717) is 38.1 Å². The Balaban J connectivity index is 1.41. The summed E-state index contributed by atoms with van der Waals surface area (Å²) in [4.78, 5) is 43.7. The van der Waals surface area contributed by atoms with Crippen LogP contribution in [0.3, 0.4) is 0 Å². The summed E-state index contributed by atoms with van der Waals surface area (Å²) in [7, 11) is 0. The minimum absolute atomic E-state index is 0.137. The van der Waals surface area contributed by atoms with Crippen molar-refractivity contribution in [1.82, 2.24) is 15.2 Å². The number of benzene rings is 2. The lowest BCUT2D eigenvalue weighted by Gasteiger charge is -2.52. The van der Waals surface area contributed by atoms with Crippen LogP contribution < -0.4 is 5.32 Å². The van der Waals surface area contributed by atoms with E-state index in [0.717, 1.165) is 24.2 Å². The molecule has 3 aromatic rings. The molecular formula is C31H36N4O5. The normalized spacial score (nSPS) is 18.6. The standard InChI is InChI=1S/C31H36N4O5/c1-4-40-29(37)31(24-9-6-5-7-10-24)15-20-34(22-30(31,2)3)19-8-16-33-28(36)27-21-25(35(38)39)11-12-26(27)23-13-17-32-18-14-23/h5-7,9-14,17-18,21H,4,8,15-16,19-20,22H2,1-3H3,(H,33,36). The lowest BCUT2D eigenvalue weighted by molar-refractivity contribution is -0.384. The van der Waals surface area contributed by atoms with E-state index in [1.807, 2.05) is 37.3 Å². The summed E-state index contributed by atoms with van der Waals surface area (Å²) in [5, 5.41) is 14.3. The van der Waals surface area contributed by atoms with Crippen molar-refractivity contribution in [3.63, 3.8) is 0 Å². The summed E-state index contributed by atoms with van der Waals surface area (Å²) in [5.41, 5.74) is 1.34. The number of piperidine rings is 1. The predicted octanol–water partition coefficient (Wildman–Crippen LogP) is 5.01. The molecule has 1 fully saturated rings. The second kappa shape index (κ2) is 12.4. The van der Waals surface area contributed by atoms with Crippen LogP contribution >= 0.6 is 0 Å². The predicted molar refractivity (Wildman–Crippen MR) is 153 cm³/mol. The zero-order valence-electron chi connectivity index (χ0n) is 23.3. The number of nitrogens with one attached hydrogen (secondary N) is 1. The Hall–Kier alpha value is -4.11. The topological polar surface area (TPSA) is 115 Å². The van der Waals surface area contributed by atoms with Crippen molar-refractivity contribution in [2.24, 2.45) is 5.41 Å². The van der Waals surface area contributed by atoms with Gasteiger partial charge in [-0.25, -0.2) is 0 Å². The number of esters is 1. The van der Waals surface area contributed by atoms with Crippen LogP contribution in [0.5, 0.6) is 0 Å². The van der Waals surface area contributed by atoms with E-state index in [2.05, 4.69) is 29.0 Å². The number of non-ortho nitro benzene ring substituents is 1. The first-order valence-corrected chi connectivity index (χ1v) is 13.6. The molecule has 1 atom stereocenters. The number of nitrogens with zero attached hydrogens (tertiary/aromatic N) is 3. The van der Waals surface area contributed by atoms with Gasteiger partial charge in [-0.1, -0.05) is 44.2 Å². The van der Waals surface area contributed by atoms with E-state index in [1.165, 1.54) is 12.1 Å². The van der Waals surface area contributed by atoms with Gasteiger partial charge in [0, 0.05) is 37.6 Å². The Morgan fingerprint density at radius 2 is 1.82 bits per heavy atom. The van der Waals surface area contributed by atoms with Gasteiger partial charge in [-0.05, 0) is 73.2 Å². The van der Waals surface area contributed by atoms with Gasteiger partial charge >= 0.3 is 5.97 Å². The molecule has 2 aromatic carbocycles.